The second-order valence-electron chi connectivity index (χ2n) is 6.39. The van der Waals surface area contributed by atoms with Gasteiger partial charge in [0.1, 0.15) is 5.75 Å². The Balaban J connectivity index is 1.49. The first kappa shape index (κ1) is 22.1. The van der Waals surface area contributed by atoms with Crippen LogP contribution in [0.2, 0.25) is 0 Å². The summed E-state index contributed by atoms with van der Waals surface area (Å²) in [6.07, 6.45) is -4.85. The van der Waals surface area contributed by atoms with Crippen LogP contribution in [-0.2, 0) is 11.2 Å². The molecule has 3 N–H and O–H groups in total. The summed E-state index contributed by atoms with van der Waals surface area (Å²) >= 11 is 1.16. The van der Waals surface area contributed by atoms with Gasteiger partial charge in [0.25, 0.3) is 0 Å². The van der Waals surface area contributed by atoms with Gasteiger partial charge in [0.15, 0.2) is 5.13 Å². The number of halogens is 3. The highest BCUT2D eigenvalue weighted by atomic mass is 32.1. The average molecular weight is 450 g/mol. The number of rotatable bonds is 6. The predicted molar refractivity (Wildman–Crippen MR) is 111 cm³/mol. The molecule has 1 aromatic heterocycles. The normalized spacial score (nSPS) is 11.0. The zero-order chi connectivity index (χ0) is 22.4. The Morgan fingerprint density at radius 2 is 1.58 bits per heavy atom. The fourth-order valence-electron chi connectivity index (χ4n) is 2.45. The van der Waals surface area contributed by atoms with Crippen molar-refractivity contribution in [2.24, 2.45) is 0 Å². The first-order valence-corrected chi connectivity index (χ1v) is 9.79. The van der Waals surface area contributed by atoms with Gasteiger partial charge in [0.05, 0.1) is 12.1 Å². The lowest BCUT2D eigenvalue weighted by Gasteiger charge is -2.09. The SMILES string of the molecule is Cc1ccc(NC(=O)Nc2nc(CC(=O)Nc3ccc(OC(F)(F)F)cc3)cs2)cc1. The predicted octanol–water partition coefficient (Wildman–Crippen LogP) is 5.18. The molecule has 0 saturated carbocycles. The van der Waals surface area contributed by atoms with Crippen molar-refractivity contribution < 1.29 is 27.5 Å². The molecule has 0 aliphatic rings. The van der Waals surface area contributed by atoms with E-state index >= 15 is 0 Å². The van der Waals surface area contributed by atoms with Crippen molar-refractivity contribution in [3.63, 3.8) is 0 Å². The van der Waals surface area contributed by atoms with E-state index in [0.717, 1.165) is 29.0 Å². The van der Waals surface area contributed by atoms with Gasteiger partial charge in [-0.3, -0.25) is 10.1 Å². The highest BCUT2D eigenvalue weighted by molar-refractivity contribution is 7.14. The number of aryl methyl sites for hydroxylation is 1. The van der Waals surface area contributed by atoms with Crippen molar-refractivity contribution in [2.75, 3.05) is 16.0 Å². The van der Waals surface area contributed by atoms with Crippen LogP contribution in [0.15, 0.2) is 53.9 Å². The third-order valence-electron chi connectivity index (χ3n) is 3.79. The smallest absolute Gasteiger partial charge is 0.406 e. The average Bonchev–Trinajstić information content (AvgIpc) is 3.10. The molecule has 0 bridgehead atoms. The molecule has 0 atom stereocenters. The summed E-state index contributed by atoms with van der Waals surface area (Å²) < 4.78 is 40.3. The van der Waals surface area contributed by atoms with Crippen molar-refractivity contribution in [3.05, 3.63) is 65.2 Å². The summed E-state index contributed by atoms with van der Waals surface area (Å²) in [5.41, 5.74) is 2.45. The molecule has 0 fully saturated rings. The quantitative estimate of drug-likeness (QED) is 0.483. The Bertz CT molecular complexity index is 1050. The Hall–Kier alpha value is -3.60. The van der Waals surface area contributed by atoms with Crippen LogP contribution in [-0.4, -0.2) is 23.3 Å². The summed E-state index contributed by atoms with van der Waals surface area (Å²) in [6.45, 7) is 1.94. The molecule has 3 rings (SSSR count). The fraction of sp³-hybridized carbons (Fsp3) is 0.150. The molecular formula is C20H17F3N4O3S. The molecule has 3 amide bonds. The van der Waals surface area contributed by atoms with Crippen molar-refractivity contribution in [2.45, 2.75) is 19.7 Å². The van der Waals surface area contributed by atoms with Crippen LogP contribution in [0.4, 0.5) is 34.5 Å². The van der Waals surface area contributed by atoms with E-state index in [1.165, 1.54) is 12.1 Å². The molecule has 0 unspecified atom stereocenters. The summed E-state index contributed by atoms with van der Waals surface area (Å²) in [5.74, 6) is -0.796. The second-order valence-corrected chi connectivity index (χ2v) is 7.24. The summed E-state index contributed by atoms with van der Waals surface area (Å²) in [5, 5.41) is 9.77. The Morgan fingerprint density at radius 1 is 0.968 bits per heavy atom. The monoisotopic (exact) mass is 450 g/mol. The summed E-state index contributed by atoms with van der Waals surface area (Å²) in [4.78, 5) is 28.4. The number of ether oxygens (including phenoxy) is 1. The lowest BCUT2D eigenvalue weighted by Crippen LogP contribution is -2.19. The molecule has 11 heteroatoms. The zero-order valence-electron chi connectivity index (χ0n) is 16.1. The van der Waals surface area contributed by atoms with Gasteiger partial charge >= 0.3 is 12.4 Å². The number of nitrogens with zero attached hydrogens (tertiary/aromatic N) is 1. The molecule has 1 heterocycles. The van der Waals surface area contributed by atoms with Crippen molar-refractivity contribution in [1.29, 1.82) is 0 Å². The number of aromatic nitrogens is 1. The van der Waals surface area contributed by atoms with Gasteiger partial charge in [0, 0.05) is 16.8 Å². The highest BCUT2D eigenvalue weighted by Gasteiger charge is 2.30. The molecule has 162 valence electrons. The highest BCUT2D eigenvalue weighted by Crippen LogP contribution is 2.24. The molecule has 3 aromatic rings. The van der Waals surface area contributed by atoms with Gasteiger partial charge in [0.2, 0.25) is 5.91 Å². The van der Waals surface area contributed by atoms with E-state index in [1.54, 1.807) is 17.5 Å². The molecule has 0 saturated heterocycles. The molecule has 0 spiro atoms. The van der Waals surface area contributed by atoms with E-state index in [-0.39, 0.29) is 12.2 Å². The lowest BCUT2D eigenvalue weighted by atomic mass is 10.2. The molecule has 0 aliphatic heterocycles. The van der Waals surface area contributed by atoms with Gasteiger partial charge in [-0.25, -0.2) is 9.78 Å². The number of alkyl halides is 3. The number of hydrogen-bond donors (Lipinski definition) is 3. The Kier molecular flexibility index (Phi) is 6.75. The van der Waals surface area contributed by atoms with E-state index in [2.05, 4.69) is 25.7 Å². The standard InChI is InChI=1S/C20H17F3N4O3S/c1-12-2-4-14(5-3-12)25-18(29)27-19-26-15(11-31-19)10-17(28)24-13-6-8-16(9-7-13)30-20(21,22)23/h2-9,11H,10H2,1H3,(H,24,28)(H2,25,26,27,29). The van der Waals surface area contributed by atoms with E-state index in [1.807, 2.05) is 19.1 Å². The first-order valence-electron chi connectivity index (χ1n) is 8.91. The van der Waals surface area contributed by atoms with Crippen LogP contribution < -0.4 is 20.7 Å². The number of nitrogens with one attached hydrogen (secondary N) is 3. The van der Waals surface area contributed by atoms with Crippen molar-refractivity contribution >= 4 is 39.8 Å². The third kappa shape index (κ3) is 7.30. The molecule has 7 nitrogen and oxygen atoms in total. The van der Waals surface area contributed by atoms with Gasteiger partial charge in [-0.2, -0.15) is 0 Å². The minimum Gasteiger partial charge on any atom is -0.406 e. The van der Waals surface area contributed by atoms with Crippen LogP contribution in [0.1, 0.15) is 11.3 Å². The van der Waals surface area contributed by atoms with Gasteiger partial charge in [-0.05, 0) is 43.3 Å². The molecule has 0 radical (unpaired) electrons. The number of benzene rings is 2. The maximum absolute atomic E-state index is 12.2. The fourth-order valence-corrected chi connectivity index (χ4v) is 3.16. The minimum atomic E-state index is -4.78. The van der Waals surface area contributed by atoms with Gasteiger partial charge in [-0.15, -0.1) is 24.5 Å². The van der Waals surface area contributed by atoms with Crippen LogP contribution >= 0.6 is 11.3 Å². The van der Waals surface area contributed by atoms with Crippen molar-refractivity contribution in [3.8, 4) is 5.75 Å². The first-order chi connectivity index (χ1) is 14.7. The van der Waals surface area contributed by atoms with Crippen LogP contribution in [0.5, 0.6) is 5.75 Å². The van der Waals surface area contributed by atoms with E-state index in [9.17, 15) is 22.8 Å². The molecular weight excluding hydrogens is 433 g/mol. The Morgan fingerprint density at radius 3 is 2.23 bits per heavy atom. The van der Waals surface area contributed by atoms with Gasteiger partial charge in [-0.1, -0.05) is 17.7 Å². The van der Waals surface area contributed by atoms with Crippen LogP contribution in [0.3, 0.4) is 0 Å². The second kappa shape index (κ2) is 9.47. The number of amides is 3. The van der Waals surface area contributed by atoms with Crippen LogP contribution in [0.25, 0.3) is 0 Å². The maximum atomic E-state index is 12.2. The number of thiazole rings is 1. The van der Waals surface area contributed by atoms with Crippen molar-refractivity contribution in [1.82, 2.24) is 4.98 Å². The molecule has 0 aliphatic carbocycles. The number of carbonyl (C=O) groups is 2. The molecule has 31 heavy (non-hydrogen) atoms. The topological polar surface area (TPSA) is 92.4 Å². The van der Waals surface area contributed by atoms with Crippen LogP contribution in [0, 0.1) is 6.92 Å². The minimum absolute atomic E-state index is 0.0709. The zero-order valence-corrected chi connectivity index (χ0v) is 16.9. The van der Waals surface area contributed by atoms with E-state index in [4.69, 9.17) is 0 Å². The van der Waals surface area contributed by atoms with E-state index < -0.39 is 18.3 Å². The lowest BCUT2D eigenvalue weighted by molar-refractivity contribution is -0.274. The third-order valence-corrected chi connectivity index (χ3v) is 4.60. The Labute approximate surface area is 179 Å². The van der Waals surface area contributed by atoms with E-state index in [0.29, 0.717) is 22.2 Å². The number of hydrogen-bond acceptors (Lipinski definition) is 5. The number of urea groups is 1. The number of carbonyl (C=O) groups excluding carboxylic acids is 2. The summed E-state index contributed by atoms with van der Waals surface area (Å²) in [7, 11) is 0. The number of anilines is 3. The molecule has 2 aromatic carbocycles. The van der Waals surface area contributed by atoms with Gasteiger partial charge < -0.3 is 15.4 Å². The summed E-state index contributed by atoms with van der Waals surface area (Å²) in [6, 6.07) is 11.6. The largest absolute Gasteiger partial charge is 0.573 e. The maximum Gasteiger partial charge on any atom is 0.573 e.